The van der Waals surface area contributed by atoms with Crippen LogP contribution in [0.5, 0.6) is 0 Å². The molecular formula is C13H16ClN3O3. The minimum Gasteiger partial charge on any atom is -0.311 e. The Bertz CT molecular complexity index is 544. The number of anilines is 1. The van der Waals surface area contributed by atoms with Crippen molar-refractivity contribution in [2.45, 2.75) is 32.1 Å². The van der Waals surface area contributed by atoms with E-state index in [1.54, 1.807) is 25.3 Å². The first-order valence-corrected chi connectivity index (χ1v) is 6.00. The van der Waals surface area contributed by atoms with Gasteiger partial charge in [0.05, 0.1) is 5.41 Å². The maximum atomic E-state index is 12.0. The monoisotopic (exact) mass is 297 g/mol. The van der Waals surface area contributed by atoms with Crippen molar-refractivity contribution in [2.24, 2.45) is 0 Å². The number of hydrogen-bond donors (Lipinski definition) is 2. The van der Waals surface area contributed by atoms with Gasteiger partial charge in [-0.2, -0.15) is 0 Å². The summed E-state index contributed by atoms with van der Waals surface area (Å²) in [5.74, 6) is -0.317. The number of carbonyl (C=O) groups excluding carboxylic acids is 3. The number of hydrogen-bond acceptors (Lipinski definition) is 4. The molecule has 1 atom stereocenters. The van der Waals surface area contributed by atoms with Crippen LogP contribution < -0.4 is 10.6 Å². The van der Waals surface area contributed by atoms with Crippen LogP contribution >= 0.6 is 12.4 Å². The molecule has 2 heterocycles. The smallest absolute Gasteiger partial charge is 0.236 e. The maximum absolute atomic E-state index is 12.0. The third-order valence-electron chi connectivity index (χ3n) is 3.31. The maximum Gasteiger partial charge on any atom is 0.236 e. The molecule has 2 rings (SSSR count). The van der Waals surface area contributed by atoms with Gasteiger partial charge in [0.1, 0.15) is 5.82 Å². The molecule has 0 aliphatic carbocycles. The molecule has 1 aliphatic heterocycles. The van der Waals surface area contributed by atoms with Gasteiger partial charge in [-0.25, -0.2) is 4.98 Å². The second-order valence-electron chi connectivity index (χ2n) is 4.82. The van der Waals surface area contributed by atoms with Crippen LogP contribution in [0, 0.1) is 0 Å². The molecule has 1 aromatic heterocycles. The molecule has 1 fully saturated rings. The van der Waals surface area contributed by atoms with Crippen molar-refractivity contribution in [3.63, 3.8) is 0 Å². The van der Waals surface area contributed by atoms with Crippen LogP contribution in [0.3, 0.4) is 0 Å². The highest BCUT2D eigenvalue weighted by Crippen LogP contribution is 2.31. The number of piperidine rings is 1. The average Bonchev–Trinajstić information content (AvgIpc) is 2.34. The lowest BCUT2D eigenvalue weighted by Crippen LogP contribution is -2.49. The largest absolute Gasteiger partial charge is 0.311 e. The zero-order valence-electron chi connectivity index (χ0n) is 11.2. The van der Waals surface area contributed by atoms with Crippen LogP contribution in [-0.4, -0.2) is 22.7 Å². The van der Waals surface area contributed by atoms with Crippen LogP contribution in [0.2, 0.25) is 0 Å². The van der Waals surface area contributed by atoms with Crippen molar-refractivity contribution in [1.82, 2.24) is 10.3 Å². The Morgan fingerprint density at radius 1 is 1.40 bits per heavy atom. The fraction of sp³-hybridized carbons (Fsp3) is 0.385. The summed E-state index contributed by atoms with van der Waals surface area (Å²) in [6, 6.07) is 3.39. The number of pyridine rings is 1. The predicted molar refractivity (Wildman–Crippen MR) is 75.5 cm³/mol. The Morgan fingerprint density at radius 2 is 2.10 bits per heavy atom. The molecule has 0 radical (unpaired) electrons. The lowest BCUT2D eigenvalue weighted by molar-refractivity contribution is -0.137. The van der Waals surface area contributed by atoms with Gasteiger partial charge in [-0.05, 0) is 25.0 Å². The normalized spacial score (nSPS) is 21.7. The molecular weight excluding hydrogens is 282 g/mol. The summed E-state index contributed by atoms with van der Waals surface area (Å²) in [5.41, 5.74) is -0.0260. The van der Waals surface area contributed by atoms with Crippen molar-refractivity contribution in [3.05, 3.63) is 23.9 Å². The zero-order valence-corrected chi connectivity index (χ0v) is 12.0. The highest BCUT2D eigenvalue weighted by atomic mass is 35.5. The predicted octanol–water partition coefficient (Wildman–Crippen LogP) is 1.16. The van der Waals surface area contributed by atoms with E-state index in [9.17, 15) is 14.4 Å². The number of rotatable bonds is 2. The molecule has 1 aromatic rings. The van der Waals surface area contributed by atoms with E-state index in [4.69, 9.17) is 0 Å². The molecule has 3 amide bonds. The van der Waals surface area contributed by atoms with Crippen LogP contribution in [-0.2, 0) is 19.8 Å². The van der Waals surface area contributed by atoms with Gasteiger partial charge in [0.25, 0.3) is 0 Å². The SMILES string of the molecule is CC(=O)Nc1ccc([C@@]2(C)CCC(=O)NC2=O)cn1.Cl. The zero-order chi connectivity index (χ0) is 14.0. The van der Waals surface area contributed by atoms with Crippen molar-refractivity contribution >= 4 is 35.9 Å². The first kappa shape index (κ1) is 16.1. The summed E-state index contributed by atoms with van der Waals surface area (Å²) < 4.78 is 0. The Morgan fingerprint density at radius 3 is 2.60 bits per heavy atom. The minimum absolute atomic E-state index is 0. The van der Waals surface area contributed by atoms with E-state index < -0.39 is 5.41 Å². The lowest BCUT2D eigenvalue weighted by atomic mass is 9.76. The number of amides is 3. The van der Waals surface area contributed by atoms with Crippen LogP contribution in [0.25, 0.3) is 0 Å². The van der Waals surface area contributed by atoms with Gasteiger partial charge in [-0.1, -0.05) is 6.07 Å². The Labute approximate surface area is 122 Å². The second kappa shape index (κ2) is 6.00. The van der Waals surface area contributed by atoms with E-state index in [2.05, 4.69) is 15.6 Å². The van der Waals surface area contributed by atoms with Gasteiger partial charge in [-0.15, -0.1) is 12.4 Å². The average molecular weight is 298 g/mol. The van der Waals surface area contributed by atoms with Gasteiger partial charge in [0.2, 0.25) is 17.7 Å². The lowest BCUT2D eigenvalue weighted by Gasteiger charge is -2.31. The van der Waals surface area contributed by atoms with Gasteiger partial charge in [-0.3, -0.25) is 19.7 Å². The Kier molecular flexibility index (Phi) is 4.83. The van der Waals surface area contributed by atoms with Crippen molar-refractivity contribution < 1.29 is 14.4 Å². The third-order valence-corrected chi connectivity index (χ3v) is 3.31. The topological polar surface area (TPSA) is 88.2 Å². The number of nitrogens with zero attached hydrogens (tertiary/aromatic N) is 1. The van der Waals surface area contributed by atoms with E-state index >= 15 is 0 Å². The van der Waals surface area contributed by atoms with Crippen molar-refractivity contribution in [3.8, 4) is 0 Å². The van der Waals surface area contributed by atoms with E-state index in [0.717, 1.165) is 5.56 Å². The van der Waals surface area contributed by atoms with E-state index in [-0.39, 0.29) is 30.1 Å². The number of nitrogens with one attached hydrogen (secondary N) is 2. The van der Waals surface area contributed by atoms with Gasteiger partial charge in [0, 0.05) is 19.5 Å². The second-order valence-corrected chi connectivity index (χ2v) is 4.82. The standard InChI is InChI=1S/C13H15N3O3.ClH/c1-8(17)15-10-4-3-9(7-14-10)13(2)6-5-11(18)16-12(13)19;/h3-4,7H,5-6H2,1-2H3,(H,14,15,17)(H,16,18,19);1H/t13-;/m1./s1. The minimum atomic E-state index is -0.754. The molecule has 108 valence electrons. The summed E-state index contributed by atoms with van der Waals surface area (Å²) in [6.45, 7) is 3.18. The van der Waals surface area contributed by atoms with E-state index in [0.29, 0.717) is 18.7 Å². The Hall–Kier alpha value is -1.95. The van der Waals surface area contributed by atoms with E-state index in [1.807, 2.05) is 0 Å². The molecule has 0 saturated carbocycles. The fourth-order valence-corrected chi connectivity index (χ4v) is 2.05. The third kappa shape index (κ3) is 3.14. The van der Waals surface area contributed by atoms with Crippen LogP contribution in [0.4, 0.5) is 5.82 Å². The van der Waals surface area contributed by atoms with Crippen LogP contribution in [0.15, 0.2) is 18.3 Å². The summed E-state index contributed by atoms with van der Waals surface area (Å²) in [4.78, 5) is 38.1. The highest BCUT2D eigenvalue weighted by molar-refractivity contribution is 6.03. The summed E-state index contributed by atoms with van der Waals surface area (Å²) >= 11 is 0. The van der Waals surface area contributed by atoms with Gasteiger partial charge < -0.3 is 5.32 Å². The number of imide groups is 1. The number of aromatic nitrogens is 1. The van der Waals surface area contributed by atoms with E-state index in [1.165, 1.54) is 6.92 Å². The molecule has 0 bridgehead atoms. The molecule has 0 spiro atoms. The molecule has 0 aromatic carbocycles. The first-order valence-electron chi connectivity index (χ1n) is 6.00. The quantitative estimate of drug-likeness (QED) is 0.802. The molecule has 7 heteroatoms. The molecule has 1 aliphatic rings. The van der Waals surface area contributed by atoms with Crippen LogP contribution in [0.1, 0.15) is 32.3 Å². The molecule has 1 saturated heterocycles. The summed E-state index contributed by atoms with van der Waals surface area (Å²) in [5, 5.41) is 4.90. The first-order chi connectivity index (χ1) is 8.91. The van der Waals surface area contributed by atoms with Gasteiger partial charge >= 0.3 is 0 Å². The number of halogens is 1. The number of carbonyl (C=O) groups is 3. The highest BCUT2D eigenvalue weighted by Gasteiger charge is 2.40. The molecule has 6 nitrogen and oxygen atoms in total. The summed E-state index contributed by atoms with van der Waals surface area (Å²) in [6.07, 6.45) is 2.33. The van der Waals surface area contributed by atoms with Gasteiger partial charge in [0.15, 0.2) is 0 Å². The summed E-state index contributed by atoms with van der Waals surface area (Å²) in [7, 11) is 0. The fourth-order valence-electron chi connectivity index (χ4n) is 2.05. The Balaban J connectivity index is 0.00000200. The van der Waals surface area contributed by atoms with Crippen molar-refractivity contribution in [1.29, 1.82) is 0 Å². The molecule has 2 N–H and O–H groups in total. The molecule has 20 heavy (non-hydrogen) atoms. The van der Waals surface area contributed by atoms with Crippen molar-refractivity contribution in [2.75, 3.05) is 5.32 Å². The molecule has 0 unspecified atom stereocenters.